The predicted molar refractivity (Wildman–Crippen MR) is 119 cm³/mol. The maximum Gasteiger partial charge on any atom is 0.223 e. The van der Waals surface area contributed by atoms with Crippen LogP contribution in [0.3, 0.4) is 0 Å². The number of carbonyl (C=O) groups excluding carboxylic acids is 1. The van der Waals surface area contributed by atoms with Crippen molar-refractivity contribution < 1.29 is 9.53 Å². The molecule has 162 valence electrons. The lowest BCUT2D eigenvalue weighted by atomic mass is 10.1. The fourth-order valence-corrected chi connectivity index (χ4v) is 3.76. The third-order valence-corrected chi connectivity index (χ3v) is 5.88. The molecule has 1 aromatic carbocycles. The fourth-order valence-electron chi connectivity index (χ4n) is 3.76. The van der Waals surface area contributed by atoms with Crippen LogP contribution in [0.15, 0.2) is 43.0 Å². The standard InChI is InChI=1S/C23H28N6O2/c1-17-18(2)29(16-26-17)22-14-21(24-15-25-22)27-10-12-28(13-11-27)23(30)9-6-19-4-7-20(31-3)8-5-19/h4-5,7-8,14-16H,6,9-13H2,1-3H3. The first-order valence-electron chi connectivity index (χ1n) is 10.5. The van der Waals surface area contributed by atoms with Gasteiger partial charge in [-0.2, -0.15) is 0 Å². The second-order valence-corrected chi connectivity index (χ2v) is 7.74. The van der Waals surface area contributed by atoms with E-state index in [9.17, 15) is 4.79 Å². The molecular formula is C23H28N6O2. The van der Waals surface area contributed by atoms with E-state index in [1.165, 1.54) is 0 Å². The van der Waals surface area contributed by atoms with Gasteiger partial charge in [0, 0.05) is 44.4 Å². The summed E-state index contributed by atoms with van der Waals surface area (Å²) in [4.78, 5) is 30.0. The summed E-state index contributed by atoms with van der Waals surface area (Å²) in [6.45, 7) is 6.92. The first kappa shape index (κ1) is 20.8. The number of benzene rings is 1. The van der Waals surface area contributed by atoms with Crippen molar-refractivity contribution in [1.82, 2.24) is 24.4 Å². The summed E-state index contributed by atoms with van der Waals surface area (Å²) in [7, 11) is 1.65. The highest BCUT2D eigenvalue weighted by Gasteiger charge is 2.22. The lowest BCUT2D eigenvalue weighted by Gasteiger charge is -2.35. The molecule has 2 aromatic heterocycles. The number of aryl methyl sites for hydroxylation is 2. The van der Waals surface area contributed by atoms with Gasteiger partial charge in [0.15, 0.2) is 0 Å². The van der Waals surface area contributed by atoms with Gasteiger partial charge in [-0.3, -0.25) is 9.36 Å². The number of imidazole rings is 1. The summed E-state index contributed by atoms with van der Waals surface area (Å²) in [6.07, 6.45) is 4.63. The van der Waals surface area contributed by atoms with Gasteiger partial charge in [-0.1, -0.05) is 12.1 Å². The minimum Gasteiger partial charge on any atom is -0.497 e. The van der Waals surface area contributed by atoms with E-state index in [-0.39, 0.29) is 5.91 Å². The topological polar surface area (TPSA) is 76.4 Å². The van der Waals surface area contributed by atoms with Gasteiger partial charge >= 0.3 is 0 Å². The molecule has 4 rings (SSSR count). The lowest BCUT2D eigenvalue weighted by Crippen LogP contribution is -2.49. The van der Waals surface area contributed by atoms with Crippen molar-refractivity contribution in [3.05, 3.63) is 59.9 Å². The van der Waals surface area contributed by atoms with Gasteiger partial charge in [0.05, 0.1) is 12.8 Å². The molecule has 1 aliphatic rings. The molecule has 0 N–H and O–H groups in total. The Kier molecular flexibility index (Phi) is 6.16. The van der Waals surface area contributed by atoms with Crippen LogP contribution in [0.25, 0.3) is 5.82 Å². The zero-order valence-corrected chi connectivity index (χ0v) is 18.3. The third kappa shape index (κ3) is 4.68. The van der Waals surface area contributed by atoms with Crippen LogP contribution in [0.5, 0.6) is 5.75 Å². The van der Waals surface area contributed by atoms with Crippen LogP contribution in [-0.4, -0.2) is 63.6 Å². The molecule has 1 fully saturated rings. The number of ether oxygens (including phenoxy) is 1. The molecule has 0 aliphatic carbocycles. The van der Waals surface area contributed by atoms with E-state index in [1.807, 2.05) is 53.6 Å². The molecule has 1 saturated heterocycles. The molecule has 0 unspecified atom stereocenters. The molecule has 1 amide bonds. The van der Waals surface area contributed by atoms with Crippen molar-refractivity contribution in [2.75, 3.05) is 38.2 Å². The molecule has 3 heterocycles. The first-order chi connectivity index (χ1) is 15.0. The minimum absolute atomic E-state index is 0.198. The maximum atomic E-state index is 12.7. The van der Waals surface area contributed by atoms with Crippen molar-refractivity contribution in [2.45, 2.75) is 26.7 Å². The highest BCUT2D eigenvalue weighted by Crippen LogP contribution is 2.19. The molecule has 0 bridgehead atoms. The Bertz CT molecular complexity index is 1040. The molecule has 0 saturated carbocycles. The number of hydrogen-bond acceptors (Lipinski definition) is 6. The molecule has 31 heavy (non-hydrogen) atoms. The smallest absolute Gasteiger partial charge is 0.223 e. The van der Waals surface area contributed by atoms with Crippen molar-refractivity contribution in [3.63, 3.8) is 0 Å². The molecule has 8 heteroatoms. The minimum atomic E-state index is 0.198. The Morgan fingerprint density at radius 2 is 1.71 bits per heavy atom. The molecular weight excluding hydrogens is 392 g/mol. The number of nitrogens with zero attached hydrogens (tertiary/aromatic N) is 6. The van der Waals surface area contributed by atoms with Crippen molar-refractivity contribution in [1.29, 1.82) is 0 Å². The van der Waals surface area contributed by atoms with Gasteiger partial charge in [0.2, 0.25) is 5.91 Å². The van der Waals surface area contributed by atoms with Crippen molar-refractivity contribution in [3.8, 4) is 11.6 Å². The average molecular weight is 421 g/mol. The molecule has 3 aromatic rings. The van der Waals surface area contributed by atoms with E-state index < -0.39 is 0 Å². The Balaban J connectivity index is 1.32. The van der Waals surface area contributed by atoms with E-state index in [4.69, 9.17) is 4.74 Å². The molecule has 0 atom stereocenters. The van der Waals surface area contributed by atoms with E-state index in [1.54, 1.807) is 19.8 Å². The average Bonchev–Trinajstić information content (AvgIpc) is 3.16. The van der Waals surface area contributed by atoms with Gasteiger partial charge in [0.1, 0.15) is 30.0 Å². The van der Waals surface area contributed by atoms with Crippen LogP contribution in [0.4, 0.5) is 5.82 Å². The SMILES string of the molecule is COc1ccc(CCC(=O)N2CCN(c3cc(-n4cnc(C)c4C)ncn3)CC2)cc1. The maximum absolute atomic E-state index is 12.7. The number of aromatic nitrogens is 4. The zero-order chi connectivity index (χ0) is 21.8. The van der Waals surface area contributed by atoms with E-state index >= 15 is 0 Å². The predicted octanol–water partition coefficient (Wildman–Crippen LogP) is 2.57. The number of methoxy groups -OCH3 is 1. The first-order valence-corrected chi connectivity index (χ1v) is 10.5. The Hall–Kier alpha value is -3.42. The van der Waals surface area contributed by atoms with Gasteiger partial charge < -0.3 is 14.5 Å². The summed E-state index contributed by atoms with van der Waals surface area (Å²) in [5.74, 6) is 2.71. The molecule has 0 radical (unpaired) electrons. The number of hydrogen-bond donors (Lipinski definition) is 0. The van der Waals surface area contributed by atoms with Crippen LogP contribution >= 0.6 is 0 Å². The third-order valence-electron chi connectivity index (χ3n) is 5.88. The lowest BCUT2D eigenvalue weighted by molar-refractivity contribution is -0.131. The highest BCUT2D eigenvalue weighted by atomic mass is 16.5. The normalized spacial score (nSPS) is 14.0. The molecule has 1 aliphatic heterocycles. The van der Waals surface area contributed by atoms with Crippen molar-refractivity contribution in [2.24, 2.45) is 0 Å². The van der Waals surface area contributed by atoms with E-state index in [0.29, 0.717) is 19.5 Å². The van der Waals surface area contributed by atoms with Crippen LogP contribution in [0, 0.1) is 13.8 Å². The van der Waals surface area contributed by atoms with E-state index in [2.05, 4.69) is 19.9 Å². The van der Waals surface area contributed by atoms with Gasteiger partial charge in [-0.25, -0.2) is 15.0 Å². The van der Waals surface area contributed by atoms with Gasteiger partial charge in [0.25, 0.3) is 0 Å². The molecule has 0 spiro atoms. The van der Waals surface area contributed by atoms with Crippen LogP contribution < -0.4 is 9.64 Å². The molecule has 8 nitrogen and oxygen atoms in total. The highest BCUT2D eigenvalue weighted by molar-refractivity contribution is 5.76. The van der Waals surface area contributed by atoms with Gasteiger partial charge in [-0.05, 0) is 38.0 Å². The van der Waals surface area contributed by atoms with Crippen molar-refractivity contribution >= 4 is 11.7 Å². The summed E-state index contributed by atoms with van der Waals surface area (Å²) in [6, 6.07) is 9.87. The Morgan fingerprint density at radius 3 is 2.35 bits per heavy atom. The second kappa shape index (κ2) is 9.16. The monoisotopic (exact) mass is 420 g/mol. The number of anilines is 1. The summed E-state index contributed by atoms with van der Waals surface area (Å²) >= 11 is 0. The van der Waals surface area contributed by atoms with Crippen LogP contribution in [0.1, 0.15) is 23.4 Å². The zero-order valence-electron chi connectivity index (χ0n) is 18.3. The largest absolute Gasteiger partial charge is 0.497 e. The number of piperazine rings is 1. The van der Waals surface area contributed by atoms with Crippen LogP contribution in [-0.2, 0) is 11.2 Å². The second-order valence-electron chi connectivity index (χ2n) is 7.74. The summed E-state index contributed by atoms with van der Waals surface area (Å²) in [5, 5.41) is 0. The van der Waals surface area contributed by atoms with Crippen LogP contribution in [0.2, 0.25) is 0 Å². The number of rotatable bonds is 6. The van der Waals surface area contributed by atoms with Gasteiger partial charge in [-0.15, -0.1) is 0 Å². The Labute approximate surface area is 182 Å². The fraction of sp³-hybridized carbons (Fsp3) is 0.391. The Morgan fingerprint density at radius 1 is 1.00 bits per heavy atom. The number of carbonyl (C=O) groups is 1. The number of amides is 1. The summed E-state index contributed by atoms with van der Waals surface area (Å²) in [5.41, 5.74) is 3.20. The summed E-state index contributed by atoms with van der Waals surface area (Å²) < 4.78 is 7.15. The van der Waals surface area contributed by atoms with E-state index in [0.717, 1.165) is 53.8 Å². The quantitative estimate of drug-likeness (QED) is 0.610.